The van der Waals surface area contributed by atoms with Gasteiger partial charge in [-0.25, -0.2) is 4.98 Å². The zero-order valence-electron chi connectivity index (χ0n) is 10.2. The molecule has 0 amide bonds. The minimum absolute atomic E-state index is 0.403. The predicted octanol–water partition coefficient (Wildman–Crippen LogP) is 4.15. The lowest BCUT2D eigenvalue weighted by molar-refractivity contribution is 0.560. The van der Waals surface area contributed by atoms with Crippen LogP contribution >= 0.6 is 23.2 Å². The first-order valence-electron chi connectivity index (χ1n) is 5.69. The Morgan fingerprint density at radius 1 is 1.33 bits per heavy atom. The molecule has 0 aliphatic heterocycles. The molecule has 2 rings (SSSR count). The molecule has 3 nitrogen and oxygen atoms in total. The lowest BCUT2D eigenvalue weighted by Crippen LogP contribution is -2.21. The summed E-state index contributed by atoms with van der Waals surface area (Å²) in [6, 6.07) is 5.61. The highest BCUT2D eigenvalue weighted by Crippen LogP contribution is 2.29. The Kier molecular flexibility index (Phi) is 4.27. The number of hydrogen-bond acceptors (Lipinski definition) is 3. The first-order valence-corrected chi connectivity index (χ1v) is 6.45. The highest BCUT2D eigenvalue weighted by molar-refractivity contribution is 6.35. The lowest BCUT2D eigenvalue weighted by atomic mass is 10.2. The largest absolute Gasteiger partial charge is 0.444 e. The van der Waals surface area contributed by atoms with E-state index in [0.29, 0.717) is 34.1 Å². The summed E-state index contributed by atoms with van der Waals surface area (Å²) in [5.74, 6) is 0.489. The monoisotopic (exact) mass is 284 g/mol. The van der Waals surface area contributed by atoms with Crippen molar-refractivity contribution < 1.29 is 4.42 Å². The standard InChI is InChI=1S/C13H14Cl2N2O/c1-8(2)16-6-10-7-18-13(17-10)11-5-9(14)3-4-12(11)15/h3-5,7-8,16H,6H2,1-2H3. The van der Waals surface area contributed by atoms with E-state index in [4.69, 9.17) is 27.6 Å². The highest BCUT2D eigenvalue weighted by atomic mass is 35.5. The summed E-state index contributed by atoms with van der Waals surface area (Å²) < 4.78 is 5.42. The van der Waals surface area contributed by atoms with Crippen LogP contribution in [0.1, 0.15) is 19.5 Å². The fourth-order valence-corrected chi connectivity index (χ4v) is 1.85. The van der Waals surface area contributed by atoms with Crippen LogP contribution in [0.15, 0.2) is 28.9 Å². The smallest absolute Gasteiger partial charge is 0.227 e. The summed E-state index contributed by atoms with van der Waals surface area (Å²) in [4.78, 5) is 4.38. The lowest BCUT2D eigenvalue weighted by Gasteiger charge is -2.04. The van der Waals surface area contributed by atoms with Gasteiger partial charge in [-0.3, -0.25) is 0 Å². The van der Waals surface area contributed by atoms with Gasteiger partial charge in [-0.05, 0) is 18.2 Å². The zero-order chi connectivity index (χ0) is 13.1. The van der Waals surface area contributed by atoms with Crippen molar-refractivity contribution in [2.24, 2.45) is 0 Å². The minimum Gasteiger partial charge on any atom is -0.444 e. The maximum absolute atomic E-state index is 6.09. The summed E-state index contributed by atoms with van der Waals surface area (Å²) >= 11 is 12.0. The first-order chi connectivity index (χ1) is 8.56. The SMILES string of the molecule is CC(C)NCc1coc(-c2cc(Cl)ccc2Cl)n1. The average Bonchev–Trinajstić information content (AvgIpc) is 2.78. The third-order valence-corrected chi connectivity index (χ3v) is 2.97. The zero-order valence-corrected chi connectivity index (χ0v) is 11.7. The van der Waals surface area contributed by atoms with E-state index in [1.807, 2.05) is 0 Å². The van der Waals surface area contributed by atoms with Crippen LogP contribution in [0.3, 0.4) is 0 Å². The Morgan fingerprint density at radius 2 is 2.11 bits per heavy atom. The molecule has 0 fully saturated rings. The van der Waals surface area contributed by atoms with E-state index in [-0.39, 0.29) is 0 Å². The van der Waals surface area contributed by atoms with E-state index < -0.39 is 0 Å². The number of halogens is 2. The minimum atomic E-state index is 0.403. The summed E-state index contributed by atoms with van der Waals surface area (Å²) in [6.07, 6.45) is 1.63. The van der Waals surface area contributed by atoms with Gasteiger partial charge in [0.1, 0.15) is 6.26 Å². The number of aromatic nitrogens is 1. The van der Waals surface area contributed by atoms with Crippen LogP contribution in [0, 0.1) is 0 Å². The van der Waals surface area contributed by atoms with Gasteiger partial charge in [-0.1, -0.05) is 37.0 Å². The van der Waals surface area contributed by atoms with Gasteiger partial charge in [0.25, 0.3) is 0 Å². The first kappa shape index (κ1) is 13.4. The molecule has 0 unspecified atom stereocenters. The van der Waals surface area contributed by atoms with Gasteiger partial charge in [-0.2, -0.15) is 0 Å². The van der Waals surface area contributed by atoms with Gasteiger partial charge in [0.05, 0.1) is 16.3 Å². The van der Waals surface area contributed by atoms with Crippen molar-refractivity contribution in [3.63, 3.8) is 0 Å². The van der Waals surface area contributed by atoms with E-state index in [2.05, 4.69) is 24.1 Å². The van der Waals surface area contributed by atoms with E-state index in [1.54, 1.807) is 24.5 Å². The second-order valence-corrected chi connectivity index (χ2v) is 5.15. The average molecular weight is 285 g/mol. The molecular weight excluding hydrogens is 271 g/mol. The van der Waals surface area contributed by atoms with E-state index in [1.165, 1.54) is 0 Å². The van der Waals surface area contributed by atoms with E-state index >= 15 is 0 Å². The van der Waals surface area contributed by atoms with Gasteiger partial charge in [0.15, 0.2) is 0 Å². The maximum Gasteiger partial charge on any atom is 0.227 e. The van der Waals surface area contributed by atoms with Gasteiger partial charge in [0.2, 0.25) is 5.89 Å². The van der Waals surface area contributed by atoms with Crippen LogP contribution in [-0.2, 0) is 6.54 Å². The Balaban J connectivity index is 2.21. The quantitative estimate of drug-likeness (QED) is 0.917. The third kappa shape index (κ3) is 3.25. The second-order valence-electron chi connectivity index (χ2n) is 4.30. The van der Waals surface area contributed by atoms with Gasteiger partial charge < -0.3 is 9.73 Å². The van der Waals surface area contributed by atoms with Crippen molar-refractivity contribution in [1.82, 2.24) is 10.3 Å². The van der Waals surface area contributed by atoms with Crippen molar-refractivity contribution >= 4 is 23.2 Å². The molecule has 0 aliphatic carbocycles. The van der Waals surface area contributed by atoms with Crippen molar-refractivity contribution in [2.45, 2.75) is 26.4 Å². The van der Waals surface area contributed by atoms with Crippen LogP contribution in [-0.4, -0.2) is 11.0 Å². The Bertz CT molecular complexity index is 538. The predicted molar refractivity (Wildman–Crippen MR) is 73.9 cm³/mol. The molecule has 5 heteroatoms. The van der Waals surface area contributed by atoms with E-state index in [0.717, 1.165) is 5.69 Å². The number of rotatable bonds is 4. The molecule has 0 atom stereocenters. The fraction of sp³-hybridized carbons (Fsp3) is 0.308. The number of nitrogens with zero attached hydrogens (tertiary/aromatic N) is 1. The van der Waals surface area contributed by atoms with Gasteiger partial charge in [0, 0.05) is 17.6 Å². The molecular formula is C13H14Cl2N2O. The Hall–Kier alpha value is -1.03. The molecule has 2 aromatic rings. The molecule has 0 radical (unpaired) electrons. The highest BCUT2D eigenvalue weighted by Gasteiger charge is 2.11. The maximum atomic E-state index is 6.09. The van der Waals surface area contributed by atoms with Crippen molar-refractivity contribution in [3.8, 4) is 11.5 Å². The fourth-order valence-electron chi connectivity index (χ4n) is 1.48. The third-order valence-electron chi connectivity index (χ3n) is 2.40. The topological polar surface area (TPSA) is 38.1 Å². The van der Waals surface area contributed by atoms with Gasteiger partial charge >= 0.3 is 0 Å². The summed E-state index contributed by atoms with van der Waals surface area (Å²) in [5, 5.41) is 4.45. The normalized spacial score (nSPS) is 11.2. The van der Waals surface area contributed by atoms with Crippen LogP contribution in [0.4, 0.5) is 0 Å². The van der Waals surface area contributed by atoms with Crippen LogP contribution < -0.4 is 5.32 Å². The van der Waals surface area contributed by atoms with E-state index in [9.17, 15) is 0 Å². The molecule has 0 saturated heterocycles. The molecule has 1 N–H and O–H groups in total. The molecule has 0 spiro atoms. The van der Waals surface area contributed by atoms with Crippen LogP contribution in [0.25, 0.3) is 11.5 Å². The van der Waals surface area contributed by atoms with Crippen molar-refractivity contribution in [3.05, 3.63) is 40.2 Å². The number of hydrogen-bond donors (Lipinski definition) is 1. The molecule has 1 heterocycles. The molecule has 1 aromatic carbocycles. The van der Waals surface area contributed by atoms with Gasteiger partial charge in [-0.15, -0.1) is 0 Å². The summed E-state index contributed by atoms with van der Waals surface area (Å²) in [7, 11) is 0. The Morgan fingerprint density at radius 3 is 2.83 bits per heavy atom. The summed E-state index contributed by atoms with van der Waals surface area (Å²) in [6.45, 7) is 4.82. The molecule has 1 aromatic heterocycles. The van der Waals surface area contributed by atoms with Crippen LogP contribution in [0.5, 0.6) is 0 Å². The summed E-state index contributed by atoms with van der Waals surface area (Å²) in [5.41, 5.74) is 1.55. The Labute approximate surface area is 116 Å². The molecule has 0 bridgehead atoms. The molecule has 0 saturated carbocycles. The van der Waals surface area contributed by atoms with Crippen molar-refractivity contribution in [2.75, 3.05) is 0 Å². The molecule has 96 valence electrons. The number of benzene rings is 1. The second kappa shape index (κ2) is 5.74. The van der Waals surface area contributed by atoms with Crippen LogP contribution in [0.2, 0.25) is 10.0 Å². The number of oxazole rings is 1. The molecule has 18 heavy (non-hydrogen) atoms. The number of nitrogens with one attached hydrogen (secondary N) is 1. The van der Waals surface area contributed by atoms with Crippen molar-refractivity contribution in [1.29, 1.82) is 0 Å². The molecule has 0 aliphatic rings.